The van der Waals surface area contributed by atoms with Crippen LogP contribution in [0.3, 0.4) is 0 Å². The number of likely N-dealkylation sites (tertiary alicyclic amines) is 1. The third kappa shape index (κ3) is 4.09. The Bertz CT molecular complexity index is 1110. The molecule has 1 amide bonds. The molecule has 2 aromatic carbocycles. The fourth-order valence-corrected chi connectivity index (χ4v) is 6.21. The van der Waals surface area contributed by atoms with Crippen LogP contribution in [0, 0.1) is 6.92 Å². The third-order valence-corrected chi connectivity index (χ3v) is 8.41. The second kappa shape index (κ2) is 9.11. The maximum Gasteiger partial charge on any atom is 0.254 e. The molecule has 0 saturated carbocycles. The number of aryl methyl sites for hydroxylation is 1. The molecule has 7 nitrogen and oxygen atoms in total. The van der Waals surface area contributed by atoms with Crippen molar-refractivity contribution in [1.82, 2.24) is 9.21 Å². The van der Waals surface area contributed by atoms with Gasteiger partial charge in [-0.1, -0.05) is 26.0 Å². The number of hydrogen-bond donors (Lipinski definition) is 0. The van der Waals surface area contributed by atoms with Gasteiger partial charge >= 0.3 is 0 Å². The van der Waals surface area contributed by atoms with Crippen molar-refractivity contribution in [2.45, 2.75) is 44.6 Å². The van der Waals surface area contributed by atoms with Gasteiger partial charge in [0.2, 0.25) is 10.0 Å². The molecular formula is C24H30N2O5S. The van der Waals surface area contributed by atoms with Crippen LogP contribution >= 0.6 is 0 Å². The van der Waals surface area contributed by atoms with E-state index >= 15 is 0 Å². The minimum atomic E-state index is -3.66. The highest BCUT2D eigenvalue weighted by molar-refractivity contribution is 7.89. The van der Waals surface area contributed by atoms with E-state index in [0.29, 0.717) is 49.7 Å². The topological polar surface area (TPSA) is 76.2 Å². The highest BCUT2D eigenvalue weighted by atomic mass is 32.2. The lowest BCUT2D eigenvalue weighted by atomic mass is 10.0. The van der Waals surface area contributed by atoms with E-state index in [2.05, 4.69) is 0 Å². The molecule has 2 aromatic rings. The molecule has 4 rings (SSSR count). The van der Waals surface area contributed by atoms with Crippen molar-refractivity contribution < 1.29 is 22.7 Å². The summed E-state index contributed by atoms with van der Waals surface area (Å²) in [7, 11) is -3.66. The van der Waals surface area contributed by atoms with Gasteiger partial charge in [0, 0.05) is 25.2 Å². The number of rotatable bonds is 6. The van der Waals surface area contributed by atoms with Gasteiger partial charge in [0.05, 0.1) is 10.9 Å². The van der Waals surface area contributed by atoms with Gasteiger partial charge in [-0.05, 0) is 55.2 Å². The highest BCUT2D eigenvalue weighted by Crippen LogP contribution is 2.39. The van der Waals surface area contributed by atoms with Crippen molar-refractivity contribution in [3.63, 3.8) is 0 Å². The van der Waals surface area contributed by atoms with Crippen molar-refractivity contribution in [1.29, 1.82) is 0 Å². The van der Waals surface area contributed by atoms with Crippen molar-refractivity contribution in [2.24, 2.45) is 0 Å². The number of amides is 1. The summed E-state index contributed by atoms with van der Waals surface area (Å²) in [4.78, 5) is 15.5. The van der Waals surface area contributed by atoms with E-state index in [-0.39, 0.29) is 16.8 Å². The predicted octanol–water partition coefficient (Wildman–Crippen LogP) is 3.77. The quantitative estimate of drug-likeness (QED) is 0.659. The van der Waals surface area contributed by atoms with Gasteiger partial charge in [-0.15, -0.1) is 0 Å². The lowest BCUT2D eigenvalue weighted by molar-refractivity contribution is 0.0735. The van der Waals surface area contributed by atoms with Gasteiger partial charge in [-0.2, -0.15) is 4.31 Å². The molecule has 0 aliphatic carbocycles. The van der Waals surface area contributed by atoms with Crippen molar-refractivity contribution in [3.05, 3.63) is 53.1 Å². The van der Waals surface area contributed by atoms with Gasteiger partial charge in [0.15, 0.2) is 11.5 Å². The Morgan fingerprint density at radius 1 is 1.06 bits per heavy atom. The van der Waals surface area contributed by atoms with Crippen LogP contribution < -0.4 is 9.47 Å². The molecule has 0 N–H and O–H groups in total. The Balaban J connectivity index is 1.64. The average molecular weight is 459 g/mol. The molecule has 32 heavy (non-hydrogen) atoms. The number of carbonyl (C=O) groups is 1. The van der Waals surface area contributed by atoms with Crippen LogP contribution in [0.5, 0.6) is 11.5 Å². The first-order valence-electron chi connectivity index (χ1n) is 11.2. The standard InChI is InChI=1S/C24H30N2O5S/c1-4-25(5-2)32(28,29)23-16-19(9-8-17(23)3)24(27)26-12-6-7-20(26)18-10-11-21-22(15-18)31-14-13-30-21/h8-11,15-16,20H,4-7,12-14H2,1-3H3. The number of sulfonamides is 1. The van der Waals surface area contributed by atoms with E-state index in [9.17, 15) is 13.2 Å². The molecule has 0 bridgehead atoms. The summed E-state index contributed by atoms with van der Waals surface area (Å²) in [6.07, 6.45) is 1.74. The molecule has 1 saturated heterocycles. The van der Waals surface area contributed by atoms with Crippen molar-refractivity contribution in [3.8, 4) is 11.5 Å². The van der Waals surface area contributed by atoms with Gasteiger partial charge in [-0.3, -0.25) is 4.79 Å². The molecule has 0 radical (unpaired) electrons. The summed E-state index contributed by atoms with van der Waals surface area (Å²) >= 11 is 0. The summed E-state index contributed by atoms with van der Waals surface area (Å²) in [5, 5.41) is 0. The fraction of sp³-hybridized carbons (Fsp3) is 0.458. The second-order valence-electron chi connectivity index (χ2n) is 8.13. The monoisotopic (exact) mass is 458 g/mol. The van der Waals surface area contributed by atoms with Crippen LogP contribution in [0.4, 0.5) is 0 Å². The summed E-state index contributed by atoms with van der Waals surface area (Å²) in [5.74, 6) is 1.27. The van der Waals surface area contributed by atoms with E-state index in [1.165, 1.54) is 10.4 Å². The van der Waals surface area contributed by atoms with Crippen LogP contribution in [0.2, 0.25) is 0 Å². The number of hydrogen-bond acceptors (Lipinski definition) is 5. The van der Waals surface area contributed by atoms with Gasteiger partial charge < -0.3 is 14.4 Å². The summed E-state index contributed by atoms with van der Waals surface area (Å²) in [6, 6.07) is 10.7. The van der Waals surface area contributed by atoms with E-state index in [0.717, 1.165) is 24.2 Å². The SMILES string of the molecule is CCN(CC)S(=O)(=O)c1cc(C(=O)N2CCCC2c2ccc3c(c2)OCCO3)ccc1C. The van der Waals surface area contributed by atoms with Crippen LogP contribution in [0.1, 0.15) is 54.2 Å². The van der Waals surface area contributed by atoms with E-state index in [1.807, 2.05) is 36.9 Å². The smallest absolute Gasteiger partial charge is 0.254 e. The number of carbonyl (C=O) groups excluding carboxylic acids is 1. The Hall–Kier alpha value is -2.58. The molecule has 2 aliphatic heterocycles. The summed E-state index contributed by atoms with van der Waals surface area (Å²) in [6.45, 7) is 7.83. The maximum absolute atomic E-state index is 13.5. The zero-order valence-electron chi connectivity index (χ0n) is 18.8. The normalized spacial score (nSPS) is 18.2. The molecule has 1 unspecified atom stereocenters. The van der Waals surface area contributed by atoms with Crippen molar-refractivity contribution >= 4 is 15.9 Å². The molecule has 1 atom stereocenters. The van der Waals surface area contributed by atoms with Crippen LogP contribution in [0.15, 0.2) is 41.3 Å². The predicted molar refractivity (Wildman–Crippen MR) is 122 cm³/mol. The lowest BCUT2D eigenvalue weighted by Gasteiger charge is -2.27. The first kappa shape index (κ1) is 22.6. The fourth-order valence-electron chi connectivity index (χ4n) is 4.50. The minimum absolute atomic E-state index is 0.0810. The molecular weight excluding hydrogens is 428 g/mol. The molecule has 172 valence electrons. The number of nitrogens with zero attached hydrogens (tertiary/aromatic N) is 2. The Labute approximate surface area is 190 Å². The molecule has 2 heterocycles. The first-order chi connectivity index (χ1) is 15.4. The lowest BCUT2D eigenvalue weighted by Crippen LogP contribution is -2.32. The number of ether oxygens (including phenoxy) is 2. The number of benzene rings is 2. The Morgan fingerprint density at radius 3 is 2.50 bits per heavy atom. The van der Waals surface area contributed by atoms with Crippen molar-refractivity contribution in [2.75, 3.05) is 32.8 Å². The highest BCUT2D eigenvalue weighted by Gasteiger charge is 2.33. The van der Waals surface area contributed by atoms with Crippen LogP contribution in [-0.4, -0.2) is 56.4 Å². The molecule has 1 fully saturated rings. The number of fused-ring (bicyclic) bond motifs is 1. The molecule has 0 spiro atoms. The maximum atomic E-state index is 13.5. The second-order valence-corrected chi connectivity index (χ2v) is 10.0. The van der Waals surface area contributed by atoms with E-state index in [1.54, 1.807) is 19.1 Å². The van der Waals surface area contributed by atoms with Crippen LogP contribution in [0.25, 0.3) is 0 Å². The average Bonchev–Trinajstić information content (AvgIpc) is 3.29. The van der Waals surface area contributed by atoms with Gasteiger partial charge in [-0.25, -0.2) is 8.42 Å². The molecule has 8 heteroatoms. The zero-order valence-corrected chi connectivity index (χ0v) is 19.7. The van der Waals surface area contributed by atoms with Gasteiger partial charge in [0.1, 0.15) is 13.2 Å². The van der Waals surface area contributed by atoms with E-state index in [4.69, 9.17) is 9.47 Å². The van der Waals surface area contributed by atoms with Gasteiger partial charge in [0.25, 0.3) is 5.91 Å². The molecule has 0 aromatic heterocycles. The van der Waals surface area contributed by atoms with Crippen LogP contribution in [-0.2, 0) is 10.0 Å². The van der Waals surface area contributed by atoms with E-state index < -0.39 is 10.0 Å². The minimum Gasteiger partial charge on any atom is -0.486 e. The first-order valence-corrected chi connectivity index (χ1v) is 12.6. The Morgan fingerprint density at radius 2 is 1.78 bits per heavy atom. The summed E-state index contributed by atoms with van der Waals surface area (Å²) in [5.41, 5.74) is 2.03. The largest absolute Gasteiger partial charge is 0.486 e. The zero-order chi connectivity index (χ0) is 22.9. The Kier molecular flexibility index (Phi) is 6.44. The summed E-state index contributed by atoms with van der Waals surface area (Å²) < 4.78 is 39.0. The molecule has 2 aliphatic rings. The third-order valence-electron chi connectivity index (χ3n) is 6.22.